The molecule has 1 aromatic carbocycles. The van der Waals surface area contributed by atoms with Crippen LogP contribution in [0.3, 0.4) is 0 Å². The highest BCUT2D eigenvalue weighted by atomic mass is 15.3. The van der Waals surface area contributed by atoms with Gasteiger partial charge in [-0.05, 0) is 18.9 Å². The van der Waals surface area contributed by atoms with Gasteiger partial charge in [-0.2, -0.15) is 10.2 Å². The van der Waals surface area contributed by atoms with Crippen LogP contribution in [0.1, 0.15) is 32.8 Å². The van der Waals surface area contributed by atoms with Gasteiger partial charge in [0, 0.05) is 17.3 Å². The maximum atomic E-state index is 4.86. The molecule has 0 saturated heterocycles. The summed E-state index contributed by atoms with van der Waals surface area (Å²) in [5.41, 5.74) is 1.28. The lowest BCUT2D eigenvalue weighted by molar-refractivity contribution is 0.138. The van der Waals surface area contributed by atoms with Crippen LogP contribution in [0.5, 0.6) is 0 Å². The number of rotatable bonds is 2. The lowest BCUT2D eigenvalue weighted by atomic mass is 9.62. The number of azo groups is 1. The Kier molecular flexibility index (Phi) is 1.90. The summed E-state index contributed by atoms with van der Waals surface area (Å²) in [7, 11) is 0. The van der Waals surface area contributed by atoms with Gasteiger partial charge < -0.3 is 0 Å². The van der Waals surface area contributed by atoms with E-state index in [2.05, 4.69) is 63.3 Å². The summed E-state index contributed by atoms with van der Waals surface area (Å²) < 4.78 is 0. The van der Waals surface area contributed by atoms with Crippen molar-refractivity contribution in [3.05, 3.63) is 48.0 Å². The highest BCUT2D eigenvalue weighted by Crippen LogP contribution is 2.74. The molecule has 5 unspecified atom stereocenters. The van der Waals surface area contributed by atoms with Crippen LogP contribution in [0.25, 0.3) is 0 Å². The van der Waals surface area contributed by atoms with Crippen molar-refractivity contribution in [2.45, 2.75) is 38.3 Å². The molecule has 2 nitrogen and oxygen atoms in total. The molecular weight excluding hydrogens is 232 g/mol. The number of hydrogen-bond donors (Lipinski definition) is 0. The van der Waals surface area contributed by atoms with Gasteiger partial charge in [0.15, 0.2) is 0 Å². The van der Waals surface area contributed by atoms with Gasteiger partial charge in [0.2, 0.25) is 0 Å². The molecular formula is C17H20N2. The van der Waals surface area contributed by atoms with Crippen LogP contribution in [-0.4, -0.2) is 5.54 Å². The first-order valence-electron chi connectivity index (χ1n) is 7.28. The molecule has 2 bridgehead atoms. The van der Waals surface area contributed by atoms with E-state index >= 15 is 0 Å². The predicted molar refractivity (Wildman–Crippen MR) is 75.9 cm³/mol. The molecule has 0 aromatic heterocycles. The van der Waals surface area contributed by atoms with Crippen LogP contribution >= 0.6 is 0 Å². The second-order valence-electron chi connectivity index (χ2n) is 6.60. The largest absolute Gasteiger partial charge is 0.185 e. The van der Waals surface area contributed by atoms with Crippen LogP contribution in [0.4, 0.5) is 0 Å². The van der Waals surface area contributed by atoms with Crippen LogP contribution in [0.2, 0.25) is 0 Å². The molecule has 4 rings (SSSR count). The first-order valence-corrected chi connectivity index (χ1v) is 7.28. The summed E-state index contributed by atoms with van der Waals surface area (Å²) in [5.74, 6) is 1.09. The van der Waals surface area contributed by atoms with Gasteiger partial charge in [0.05, 0.1) is 5.54 Å². The molecule has 1 aliphatic heterocycles. The van der Waals surface area contributed by atoms with Crippen molar-refractivity contribution >= 4 is 0 Å². The van der Waals surface area contributed by atoms with E-state index in [1.807, 2.05) is 0 Å². The minimum absolute atomic E-state index is 0.0307. The van der Waals surface area contributed by atoms with E-state index in [9.17, 15) is 0 Å². The minimum atomic E-state index is -0.142. The standard InChI is InChI=1S/C17H20N2/c1-4-15(2)16(3)13-10-11-14(13)17(15,19-18-16)12-8-6-5-7-9-12/h5-11,13-14H,4H2,1-3H3. The molecule has 2 aliphatic carbocycles. The quantitative estimate of drug-likeness (QED) is 0.700. The lowest BCUT2D eigenvalue weighted by Gasteiger charge is -2.41. The number of benzene rings is 1. The third kappa shape index (κ3) is 0.926. The van der Waals surface area contributed by atoms with E-state index < -0.39 is 0 Å². The van der Waals surface area contributed by atoms with Gasteiger partial charge in [-0.25, -0.2) is 0 Å². The Balaban J connectivity index is 2.00. The Morgan fingerprint density at radius 3 is 2.26 bits per heavy atom. The van der Waals surface area contributed by atoms with Crippen molar-refractivity contribution in [2.75, 3.05) is 0 Å². The Labute approximate surface area is 114 Å². The van der Waals surface area contributed by atoms with E-state index in [1.54, 1.807) is 0 Å². The predicted octanol–water partition coefficient (Wildman–Crippen LogP) is 4.34. The Morgan fingerprint density at radius 2 is 1.68 bits per heavy atom. The van der Waals surface area contributed by atoms with Crippen molar-refractivity contribution in [1.29, 1.82) is 0 Å². The topological polar surface area (TPSA) is 24.7 Å². The average Bonchev–Trinajstić information content (AvgIpc) is 2.67. The van der Waals surface area contributed by atoms with E-state index in [0.717, 1.165) is 6.42 Å². The SMILES string of the molecule is CCC1(C)C2(C)N=NC1(c1ccccc1)C1C=CC12. The van der Waals surface area contributed by atoms with Crippen molar-refractivity contribution in [3.8, 4) is 0 Å². The highest BCUT2D eigenvalue weighted by molar-refractivity contribution is 5.45. The zero-order chi connectivity index (χ0) is 13.3. The third-order valence-corrected chi connectivity index (χ3v) is 6.34. The fourth-order valence-corrected chi connectivity index (χ4v) is 4.82. The fourth-order valence-electron chi connectivity index (χ4n) is 4.82. The molecule has 5 atom stereocenters. The lowest BCUT2D eigenvalue weighted by Crippen LogP contribution is -2.45. The molecule has 1 saturated carbocycles. The smallest absolute Gasteiger partial charge is 0.121 e. The normalized spacial score (nSPS) is 49.2. The molecule has 0 N–H and O–H groups in total. The molecule has 98 valence electrons. The molecule has 2 heteroatoms. The second kappa shape index (κ2) is 3.17. The van der Waals surface area contributed by atoms with Gasteiger partial charge >= 0.3 is 0 Å². The zero-order valence-electron chi connectivity index (χ0n) is 11.8. The van der Waals surface area contributed by atoms with Gasteiger partial charge in [-0.1, -0.05) is 56.3 Å². The third-order valence-electron chi connectivity index (χ3n) is 6.34. The number of hydrogen-bond acceptors (Lipinski definition) is 2. The fraction of sp³-hybridized carbons (Fsp3) is 0.529. The monoisotopic (exact) mass is 252 g/mol. The van der Waals surface area contributed by atoms with Crippen LogP contribution in [0.15, 0.2) is 52.7 Å². The van der Waals surface area contributed by atoms with E-state index in [4.69, 9.17) is 10.2 Å². The van der Waals surface area contributed by atoms with Gasteiger partial charge in [0.25, 0.3) is 0 Å². The summed E-state index contributed by atoms with van der Waals surface area (Å²) in [6.07, 6.45) is 5.82. The summed E-state index contributed by atoms with van der Waals surface area (Å²) in [4.78, 5) is 0. The molecule has 3 aliphatic rings. The van der Waals surface area contributed by atoms with Crippen molar-refractivity contribution in [2.24, 2.45) is 27.5 Å². The highest BCUT2D eigenvalue weighted by Gasteiger charge is 2.77. The van der Waals surface area contributed by atoms with Crippen molar-refractivity contribution in [3.63, 3.8) is 0 Å². The first kappa shape index (κ1) is 11.4. The minimum Gasteiger partial charge on any atom is -0.185 e. The summed E-state index contributed by atoms with van der Waals surface area (Å²) in [6, 6.07) is 10.8. The van der Waals surface area contributed by atoms with Crippen LogP contribution < -0.4 is 0 Å². The van der Waals surface area contributed by atoms with Crippen molar-refractivity contribution < 1.29 is 0 Å². The molecule has 1 heterocycles. The molecule has 1 aromatic rings. The Hall–Kier alpha value is -1.44. The van der Waals surface area contributed by atoms with Gasteiger partial charge in [-0.15, -0.1) is 0 Å². The number of nitrogens with zero attached hydrogens (tertiary/aromatic N) is 2. The Morgan fingerprint density at radius 1 is 1.00 bits per heavy atom. The summed E-state index contributed by atoms with van der Waals surface area (Å²) in [6.45, 7) is 6.98. The van der Waals surface area contributed by atoms with E-state index in [1.165, 1.54) is 5.56 Å². The Bertz CT molecular complexity index is 591. The first-order chi connectivity index (χ1) is 9.10. The molecule has 0 amide bonds. The number of fused-ring (bicyclic) bond motifs is 5. The maximum Gasteiger partial charge on any atom is 0.121 e. The van der Waals surface area contributed by atoms with E-state index in [0.29, 0.717) is 11.8 Å². The van der Waals surface area contributed by atoms with Crippen molar-refractivity contribution in [1.82, 2.24) is 0 Å². The average molecular weight is 252 g/mol. The molecule has 0 radical (unpaired) electrons. The van der Waals surface area contributed by atoms with E-state index in [-0.39, 0.29) is 16.5 Å². The van der Waals surface area contributed by atoms with Gasteiger partial charge in [0.1, 0.15) is 5.54 Å². The second-order valence-corrected chi connectivity index (χ2v) is 6.60. The molecule has 0 spiro atoms. The van der Waals surface area contributed by atoms with Crippen LogP contribution in [-0.2, 0) is 5.54 Å². The molecule has 1 fully saturated rings. The maximum absolute atomic E-state index is 4.86. The zero-order valence-corrected chi connectivity index (χ0v) is 11.8. The summed E-state index contributed by atoms with van der Waals surface area (Å²) in [5, 5.41) is 9.62. The summed E-state index contributed by atoms with van der Waals surface area (Å²) >= 11 is 0. The van der Waals surface area contributed by atoms with Gasteiger partial charge in [-0.3, -0.25) is 0 Å². The van der Waals surface area contributed by atoms with Crippen LogP contribution in [0, 0.1) is 17.3 Å². The molecule has 19 heavy (non-hydrogen) atoms.